The average Bonchev–Trinajstić information content (AvgIpc) is 3.20. The van der Waals surface area contributed by atoms with Gasteiger partial charge in [0.1, 0.15) is 11.9 Å². The molecule has 1 aromatic heterocycles. The number of piperazine rings is 1. The number of nitrogens with zero attached hydrogens (tertiary/aromatic N) is 3. The van der Waals surface area contributed by atoms with Crippen molar-refractivity contribution < 1.29 is 17.6 Å². The molecule has 2 aromatic rings. The second-order valence-corrected chi connectivity index (χ2v) is 8.38. The van der Waals surface area contributed by atoms with Crippen LogP contribution in [0.2, 0.25) is 0 Å². The van der Waals surface area contributed by atoms with E-state index in [0.29, 0.717) is 18.8 Å². The number of halogens is 1. The zero-order chi connectivity index (χ0) is 20.1. The van der Waals surface area contributed by atoms with Crippen molar-refractivity contribution in [3.05, 3.63) is 48.3 Å². The number of amides is 1. The summed E-state index contributed by atoms with van der Waals surface area (Å²) in [6.45, 7) is 5.58. The molecule has 1 saturated heterocycles. The van der Waals surface area contributed by atoms with Crippen molar-refractivity contribution in [3.63, 3.8) is 0 Å². The summed E-state index contributed by atoms with van der Waals surface area (Å²) < 4.78 is 41.1. The number of H-pyrrole nitrogens is 1. The summed E-state index contributed by atoms with van der Waals surface area (Å²) in [6.07, 6.45) is 3.18. The number of rotatable bonds is 7. The molecule has 0 unspecified atom stereocenters. The van der Waals surface area contributed by atoms with Gasteiger partial charge >= 0.3 is 0 Å². The summed E-state index contributed by atoms with van der Waals surface area (Å²) in [5, 5.41) is 0. The second-order valence-electron chi connectivity index (χ2n) is 6.67. The molecule has 1 aliphatic rings. The van der Waals surface area contributed by atoms with Crippen molar-refractivity contribution in [2.75, 3.05) is 32.7 Å². The molecule has 1 amide bonds. The maximum Gasteiger partial charge on any atom is 0.241 e. The van der Waals surface area contributed by atoms with Gasteiger partial charge < -0.3 is 14.8 Å². The van der Waals surface area contributed by atoms with Crippen molar-refractivity contribution in [1.29, 1.82) is 0 Å². The molecule has 1 fully saturated rings. The first kappa shape index (κ1) is 20.4. The fourth-order valence-electron chi connectivity index (χ4n) is 3.17. The van der Waals surface area contributed by atoms with Crippen LogP contribution < -0.4 is 4.72 Å². The van der Waals surface area contributed by atoms with Crippen LogP contribution in [0, 0.1) is 5.82 Å². The maximum atomic E-state index is 13.1. The number of nitrogens with one attached hydrogen (secondary N) is 2. The lowest BCUT2D eigenvalue weighted by Crippen LogP contribution is -2.55. The third-order valence-corrected chi connectivity index (χ3v) is 6.32. The first-order valence-corrected chi connectivity index (χ1v) is 10.6. The van der Waals surface area contributed by atoms with Crippen LogP contribution >= 0.6 is 0 Å². The minimum atomic E-state index is -3.99. The topological polar surface area (TPSA) is 98.4 Å². The number of hydrogen-bond acceptors (Lipinski definition) is 5. The summed E-state index contributed by atoms with van der Waals surface area (Å²) in [5.41, 5.74) is 0.646. The summed E-state index contributed by atoms with van der Waals surface area (Å²) in [6, 6.07) is 3.52. The third-order valence-electron chi connectivity index (χ3n) is 4.83. The van der Waals surface area contributed by atoms with Crippen LogP contribution in [0.4, 0.5) is 4.39 Å². The third kappa shape index (κ3) is 4.94. The van der Waals surface area contributed by atoms with Crippen molar-refractivity contribution in [3.8, 4) is 0 Å². The van der Waals surface area contributed by atoms with Gasteiger partial charge in [-0.2, -0.15) is 4.72 Å². The van der Waals surface area contributed by atoms with Crippen LogP contribution in [-0.2, 0) is 21.2 Å². The lowest BCUT2D eigenvalue weighted by atomic mass is 10.1. The Balaban J connectivity index is 1.78. The predicted octanol–water partition coefficient (Wildman–Crippen LogP) is 0.603. The SMILES string of the molecule is CCN1CCN(C(=O)[C@H](Cc2cnc[nH]2)NS(=O)(=O)c2ccc(F)cc2)CC1. The van der Waals surface area contributed by atoms with Crippen LogP contribution in [-0.4, -0.2) is 72.9 Å². The zero-order valence-electron chi connectivity index (χ0n) is 15.6. The molecular formula is C18H24FN5O3S. The highest BCUT2D eigenvalue weighted by molar-refractivity contribution is 7.89. The van der Waals surface area contributed by atoms with E-state index in [2.05, 4.69) is 26.5 Å². The van der Waals surface area contributed by atoms with Gasteiger partial charge in [-0.25, -0.2) is 17.8 Å². The van der Waals surface area contributed by atoms with Crippen molar-refractivity contribution >= 4 is 15.9 Å². The minimum Gasteiger partial charge on any atom is -0.348 e. The Morgan fingerprint density at radius 1 is 1.25 bits per heavy atom. The van der Waals surface area contributed by atoms with Gasteiger partial charge in [-0.15, -0.1) is 0 Å². The van der Waals surface area contributed by atoms with Gasteiger partial charge in [-0.05, 0) is 30.8 Å². The van der Waals surface area contributed by atoms with Gasteiger partial charge in [0, 0.05) is 44.5 Å². The number of carbonyl (C=O) groups is 1. The largest absolute Gasteiger partial charge is 0.348 e. The van der Waals surface area contributed by atoms with Gasteiger partial charge in [0.15, 0.2) is 0 Å². The lowest BCUT2D eigenvalue weighted by Gasteiger charge is -2.36. The maximum absolute atomic E-state index is 13.1. The number of sulfonamides is 1. The number of benzene rings is 1. The lowest BCUT2D eigenvalue weighted by molar-refractivity contribution is -0.134. The van der Waals surface area contributed by atoms with Crippen LogP contribution in [0.3, 0.4) is 0 Å². The molecule has 3 rings (SSSR count). The standard InChI is InChI=1S/C18H24FN5O3S/c1-2-23-7-9-24(10-8-23)18(25)17(11-15-12-20-13-21-15)22-28(26,27)16-5-3-14(19)4-6-16/h3-6,12-13,17,22H,2,7-11H2,1H3,(H,20,21)/t17-/m0/s1. The summed E-state index contributed by atoms with van der Waals surface area (Å²) >= 11 is 0. The van der Waals surface area contributed by atoms with Gasteiger partial charge in [-0.3, -0.25) is 4.79 Å². The van der Waals surface area contributed by atoms with Crippen LogP contribution in [0.1, 0.15) is 12.6 Å². The molecule has 152 valence electrons. The normalized spacial score (nSPS) is 16.9. The van der Waals surface area contributed by atoms with E-state index in [1.165, 1.54) is 18.5 Å². The van der Waals surface area contributed by atoms with E-state index in [9.17, 15) is 17.6 Å². The number of likely N-dealkylation sites (N-methyl/N-ethyl adjacent to an activating group) is 1. The number of carbonyl (C=O) groups excluding carboxylic acids is 1. The minimum absolute atomic E-state index is 0.0906. The summed E-state index contributed by atoms with van der Waals surface area (Å²) in [4.78, 5) is 23.7. The van der Waals surface area contributed by atoms with Crippen molar-refractivity contribution in [2.45, 2.75) is 24.3 Å². The fourth-order valence-corrected chi connectivity index (χ4v) is 4.36. The number of aromatic nitrogens is 2. The Hall–Kier alpha value is -2.30. The number of hydrogen-bond donors (Lipinski definition) is 2. The summed E-state index contributed by atoms with van der Waals surface area (Å²) in [5.74, 6) is -0.811. The molecule has 8 nitrogen and oxygen atoms in total. The first-order valence-electron chi connectivity index (χ1n) is 9.15. The molecule has 0 bridgehead atoms. The molecule has 0 radical (unpaired) electrons. The molecule has 10 heteroatoms. The molecule has 0 aliphatic carbocycles. The van der Waals surface area contributed by atoms with E-state index in [-0.39, 0.29) is 17.2 Å². The smallest absolute Gasteiger partial charge is 0.241 e. The van der Waals surface area contributed by atoms with Gasteiger partial charge in [0.2, 0.25) is 15.9 Å². The van der Waals surface area contributed by atoms with E-state index >= 15 is 0 Å². The Labute approximate surface area is 163 Å². The zero-order valence-corrected chi connectivity index (χ0v) is 16.5. The molecule has 0 saturated carbocycles. The van der Waals surface area contributed by atoms with Gasteiger partial charge in [-0.1, -0.05) is 6.92 Å². The summed E-state index contributed by atoms with van der Waals surface area (Å²) in [7, 11) is -3.99. The molecule has 1 atom stereocenters. The molecular weight excluding hydrogens is 385 g/mol. The molecule has 1 aliphatic heterocycles. The van der Waals surface area contributed by atoms with E-state index in [0.717, 1.165) is 31.8 Å². The Morgan fingerprint density at radius 3 is 2.50 bits per heavy atom. The molecule has 28 heavy (non-hydrogen) atoms. The van der Waals surface area contributed by atoms with Crippen LogP contribution in [0.15, 0.2) is 41.7 Å². The van der Waals surface area contributed by atoms with Crippen LogP contribution in [0.25, 0.3) is 0 Å². The van der Waals surface area contributed by atoms with E-state index in [1.54, 1.807) is 11.1 Å². The fraction of sp³-hybridized carbons (Fsp3) is 0.444. The number of imidazole rings is 1. The van der Waals surface area contributed by atoms with Crippen molar-refractivity contribution in [1.82, 2.24) is 24.5 Å². The highest BCUT2D eigenvalue weighted by Gasteiger charge is 2.31. The molecule has 2 N–H and O–H groups in total. The quantitative estimate of drug-likeness (QED) is 0.698. The predicted molar refractivity (Wildman–Crippen MR) is 101 cm³/mol. The molecule has 1 aromatic carbocycles. The Bertz CT molecular complexity index is 878. The highest BCUT2D eigenvalue weighted by atomic mass is 32.2. The monoisotopic (exact) mass is 409 g/mol. The first-order chi connectivity index (χ1) is 13.4. The van der Waals surface area contributed by atoms with E-state index < -0.39 is 21.9 Å². The Kier molecular flexibility index (Phi) is 6.42. The van der Waals surface area contributed by atoms with Crippen molar-refractivity contribution in [2.24, 2.45) is 0 Å². The van der Waals surface area contributed by atoms with Gasteiger partial charge in [0.25, 0.3) is 0 Å². The number of aromatic amines is 1. The van der Waals surface area contributed by atoms with E-state index in [1.807, 2.05) is 0 Å². The second kappa shape index (κ2) is 8.80. The Morgan fingerprint density at radius 2 is 1.93 bits per heavy atom. The average molecular weight is 409 g/mol. The molecule has 0 spiro atoms. The molecule has 2 heterocycles. The highest BCUT2D eigenvalue weighted by Crippen LogP contribution is 2.13. The van der Waals surface area contributed by atoms with E-state index in [4.69, 9.17) is 0 Å². The van der Waals surface area contributed by atoms with Gasteiger partial charge in [0.05, 0.1) is 11.2 Å². The van der Waals surface area contributed by atoms with Crippen LogP contribution in [0.5, 0.6) is 0 Å².